The summed E-state index contributed by atoms with van der Waals surface area (Å²) in [6.45, 7) is 9.16. The maximum atomic E-state index is 13.4. The Hall–Kier alpha value is -3.08. The van der Waals surface area contributed by atoms with Crippen molar-refractivity contribution in [2.45, 2.75) is 27.7 Å². The fourth-order valence-electron chi connectivity index (χ4n) is 3.49. The molecule has 3 aromatic rings. The molecule has 2 heterocycles. The fourth-order valence-corrected chi connectivity index (χ4v) is 3.49. The second-order valence-electron chi connectivity index (χ2n) is 6.62. The number of aromatic nitrogens is 1. The SMILES string of the molecule is CCOC(=O)c1c(-c2ccc(C)cc2)c(C(=O)N(CC)CC)n2ccccc12. The second kappa shape index (κ2) is 8.30. The number of carbonyl (C=O) groups excluding carboxylic acids is 2. The van der Waals surface area contributed by atoms with Crippen LogP contribution in [-0.4, -0.2) is 40.9 Å². The molecule has 0 saturated heterocycles. The van der Waals surface area contributed by atoms with Crippen molar-refractivity contribution in [1.82, 2.24) is 9.30 Å². The predicted octanol–water partition coefficient (Wildman–Crippen LogP) is 4.57. The quantitative estimate of drug-likeness (QED) is 0.590. The van der Waals surface area contributed by atoms with Crippen molar-refractivity contribution < 1.29 is 14.3 Å². The summed E-state index contributed by atoms with van der Waals surface area (Å²) in [5, 5.41) is 0. The van der Waals surface area contributed by atoms with Gasteiger partial charge >= 0.3 is 5.97 Å². The van der Waals surface area contributed by atoms with Crippen LogP contribution in [0.25, 0.3) is 16.6 Å². The molecule has 0 atom stereocenters. The Morgan fingerprint density at radius 1 is 1.00 bits per heavy atom. The molecule has 2 aromatic heterocycles. The lowest BCUT2D eigenvalue weighted by molar-refractivity contribution is 0.0529. The van der Waals surface area contributed by atoms with Gasteiger partial charge in [0.05, 0.1) is 17.7 Å². The van der Waals surface area contributed by atoms with Gasteiger partial charge in [0.2, 0.25) is 0 Å². The molecule has 0 radical (unpaired) electrons. The average Bonchev–Trinajstić information content (AvgIpc) is 3.04. The van der Waals surface area contributed by atoms with Gasteiger partial charge in [-0.05, 0) is 45.4 Å². The van der Waals surface area contributed by atoms with Crippen molar-refractivity contribution in [3.63, 3.8) is 0 Å². The molecule has 1 amide bonds. The minimum Gasteiger partial charge on any atom is -0.462 e. The van der Waals surface area contributed by atoms with E-state index in [4.69, 9.17) is 4.74 Å². The highest BCUT2D eigenvalue weighted by Crippen LogP contribution is 2.35. The highest BCUT2D eigenvalue weighted by Gasteiger charge is 2.30. The van der Waals surface area contributed by atoms with Crippen molar-refractivity contribution >= 4 is 17.4 Å². The van der Waals surface area contributed by atoms with Crippen LogP contribution in [0.15, 0.2) is 48.7 Å². The first-order valence-electron chi connectivity index (χ1n) is 9.69. The Labute approximate surface area is 165 Å². The number of benzene rings is 1. The van der Waals surface area contributed by atoms with E-state index in [1.54, 1.807) is 11.8 Å². The van der Waals surface area contributed by atoms with Crippen molar-refractivity contribution in [2.24, 2.45) is 0 Å². The van der Waals surface area contributed by atoms with Gasteiger partial charge in [-0.15, -0.1) is 0 Å². The maximum Gasteiger partial charge on any atom is 0.340 e. The Bertz CT molecular complexity index is 999. The summed E-state index contributed by atoms with van der Waals surface area (Å²) < 4.78 is 7.16. The number of hydrogen-bond acceptors (Lipinski definition) is 3. The predicted molar refractivity (Wildman–Crippen MR) is 111 cm³/mol. The number of rotatable bonds is 6. The Kier molecular flexibility index (Phi) is 5.83. The zero-order chi connectivity index (χ0) is 20.3. The molecule has 0 aliphatic heterocycles. The molecule has 0 aliphatic carbocycles. The molecule has 3 rings (SSSR count). The highest BCUT2D eigenvalue weighted by molar-refractivity contribution is 6.12. The molecule has 146 valence electrons. The number of esters is 1. The first-order valence-corrected chi connectivity index (χ1v) is 9.69. The van der Waals surface area contributed by atoms with Gasteiger partial charge in [0.15, 0.2) is 0 Å². The molecule has 0 spiro atoms. The standard InChI is InChI=1S/C23H26N2O3/c1-5-24(6-2)22(26)21-19(17-13-11-16(4)12-14-17)20(23(27)28-7-3)18-10-8-9-15-25(18)21/h8-15H,5-7H2,1-4H3. The van der Waals surface area contributed by atoms with Gasteiger partial charge in [0.25, 0.3) is 5.91 Å². The number of hydrogen-bond donors (Lipinski definition) is 0. The molecule has 5 heteroatoms. The number of aryl methyl sites for hydroxylation is 1. The highest BCUT2D eigenvalue weighted by atomic mass is 16.5. The second-order valence-corrected chi connectivity index (χ2v) is 6.62. The molecule has 5 nitrogen and oxygen atoms in total. The van der Waals surface area contributed by atoms with Gasteiger partial charge in [-0.25, -0.2) is 4.79 Å². The summed E-state index contributed by atoms with van der Waals surface area (Å²) >= 11 is 0. The number of ether oxygens (including phenoxy) is 1. The molecular formula is C23H26N2O3. The van der Waals surface area contributed by atoms with Gasteiger partial charge in [0.1, 0.15) is 5.69 Å². The molecule has 0 N–H and O–H groups in total. The van der Waals surface area contributed by atoms with Crippen LogP contribution in [0, 0.1) is 6.92 Å². The van der Waals surface area contributed by atoms with Gasteiger partial charge < -0.3 is 14.0 Å². The number of pyridine rings is 1. The topological polar surface area (TPSA) is 51.0 Å². The van der Waals surface area contributed by atoms with Crippen molar-refractivity contribution in [3.05, 3.63) is 65.5 Å². The number of nitrogens with zero attached hydrogens (tertiary/aromatic N) is 2. The zero-order valence-electron chi connectivity index (χ0n) is 16.9. The lowest BCUT2D eigenvalue weighted by Crippen LogP contribution is -2.31. The molecule has 0 bridgehead atoms. The van der Waals surface area contributed by atoms with Crippen LogP contribution < -0.4 is 0 Å². The summed E-state index contributed by atoms with van der Waals surface area (Å²) in [6, 6.07) is 13.4. The minimum absolute atomic E-state index is 0.0997. The zero-order valence-corrected chi connectivity index (χ0v) is 16.9. The van der Waals surface area contributed by atoms with Gasteiger partial charge in [-0.1, -0.05) is 35.9 Å². The van der Waals surface area contributed by atoms with E-state index in [0.717, 1.165) is 11.1 Å². The van der Waals surface area contributed by atoms with E-state index in [0.29, 0.717) is 35.4 Å². The van der Waals surface area contributed by atoms with Crippen LogP contribution in [0.2, 0.25) is 0 Å². The van der Waals surface area contributed by atoms with Crippen LogP contribution in [0.4, 0.5) is 0 Å². The molecule has 0 fully saturated rings. The maximum absolute atomic E-state index is 13.4. The average molecular weight is 378 g/mol. The molecular weight excluding hydrogens is 352 g/mol. The third-order valence-corrected chi connectivity index (χ3v) is 4.92. The monoisotopic (exact) mass is 378 g/mol. The fraction of sp³-hybridized carbons (Fsp3) is 0.304. The Balaban J connectivity index is 2.39. The van der Waals surface area contributed by atoms with Crippen LogP contribution in [0.3, 0.4) is 0 Å². The lowest BCUT2D eigenvalue weighted by Gasteiger charge is -2.19. The third kappa shape index (κ3) is 3.40. The first-order chi connectivity index (χ1) is 13.5. The summed E-state index contributed by atoms with van der Waals surface area (Å²) in [5.74, 6) is -0.516. The van der Waals surface area contributed by atoms with E-state index < -0.39 is 5.97 Å². The summed E-state index contributed by atoms with van der Waals surface area (Å²) in [6.07, 6.45) is 1.83. The summed E-state index contributed by atoms with van der Waals surface area (Å²) in [5.41, 5.74) is 4.16. The van der Waals surface area contributed by atoms with Crippen LogP contribution >= 0.6 is 0 Å². The van der Waals surface area contributed by atoms with E-state index in [1.165, 1.54) is 0 Å². The lowest BCUT2D eigenvalue weighted by atomic mass is 9.99. The largest absolute Gasteiger partial charge is 0.462 e. The van der Waals surface area contributed by atoms with Crippen LogP contribution in [0.1, 0.15) is 47.2 Å². The third-order valence-electron chi connectivity index (χ3n) is 4.92. The summed E-state index contributed by atoms with van der Waals surface area (Å²) in [4.78, 5) is 28.1. The van der Waals surface area contributed by atoms with E-state index in [1.807, 2.05) is 73.8 Å². The number of carbonyl (C=O) groups is 2. The van der Waals surface area contributed by atoms with Gasteiger partial charge in [-0.2, -0.15) is 0 Å². The van der Waals surface area contributed by atoms with Gasteiger partial charge in [0, 0.05) is 24.8 Å². The Morgan fingerprint density at radius 2 is 1.68 bits per heavy atom. The molecule has 0 aliphatic rings. The minimum atomic E-state index is -0.416. The first kappa shape index (κ1) is 19.7. The van der Waals surface area contributed by atoms with Gasteiger partial charge in [-0.3, -0.25) is 4.79 Å². The van der Waals surface area contributed by atoms with Crippen molar-refractivity contribution in [1.29, 1.82) is 0 Å². The van der Waals surface area contributed by atoms with E-state index in [2.05, 4.69) is 0 Å². The van der Waals surface area contributed by atoms with Crippen LogP contribution in [0.5, 0.6) is 0 Å². The van der Waals surface area contributed by atoms with E-state index in [9.17, 15) is 9.59 Å². The molecule has 0 saturated carbocycles. The molecule has 0 unspecified atom stereocenters. The van der Waals surface area contributed by atoms with Crippen LogP contribution in [-0.2, 0) is 4.74 Å². The van der Waals surface area contributed by atoms with Crippen molar-refractivity contribution in [2.75, 3.05) is 19.7 Å². The summed E-state index contributed by atoms with van der Waals surface area (Å²) in [7, 11) is 0. The normalized spacial score (nSPS) is 10.9. The van der Waals surface area contributed by atoms with E-state index in [-0.39, 0.29) is 12.5 Å². The molecule has 28 heavy (non-hydrogen) atoms. The smallest absolute Gasteiger partial charge is 0.340 e. The van der Waals surface area contributed by atoms with Crippen molar-refractivity contribution in [3.8, 4) is 11.1 Å². The van der Waals surface area contributed by atoms with E-state index >= 15 is 0 Å². The number of amides is 1. The number of fused-ring (bicyclic) bond motifs is 1. The molecule has 1 aromatic carbocycles. The Morgan fingerprint density at radius 3 is 2.29 bits per heavy atom.